The normalized spacial score (nSPS) is 20.7. The number of rotatable bonds is 4. The third-order valence-electron chi connectivity index (χ3n) is 4.55. The fourth-order valence-corrected chi connectivity index (χ4v) is 2.82. The van der Waals surface area contributed by atoms with Gasteiger partial charge in [-0.3, -0.25) is 4.79 Å². The number of hydrogen-bond acceptors (Lipinski definition) is 4. The van der Waals surface area contributed by atoms with Crippen molar-refractivity contribution in [1.82, 2.24) is 0 Å². The highest BCUT2D eigenvalue weighted by atomic mass is 19.3. The number of nitrogens with zero attached hydrogens (tertiary/aromatic N) is 1. The highest BCUT2D eigenvalue weighted by Gasteiger charge is 2.61. The Bertz CT molecular complexity index is 567. The van der Waals surface area contributed by atoms with Gasteiger partial charge in [0.15, 0.2) is 0 Å². The molecule has 126 valence electrons. The molecule has 0 spiro atoms. The minimum absolute atomic E-state index is 0.0522. The molecule has 2 fully saturated rings. The molecule has 1 aromatic rings. The largest absolute Gasteiger partial charge is 0.383 e. The van der Waals surface area contributed by atoms with Gasteiger partial charge in [-0.2, -0.15) is 8.78 Å². The van der Waals surface area contributed by atoms with Crippen molar-refractivity contribution in [3.63, 3.8) is 0 Å². The first-order valence-corrected chi connectivity index (χ1v) is 7.77. The summed E-state index contributed by atoms with van der Waals surface area (Å²) in [6.07, 6.45) is 0.403. The Morgan fingerprint density at radius 2 is 1.83 bits per heavy atom. The van der Waals surface area contributed by atoms with Crippen LogP contribution in [0.25, 0.3) is 0 Å². The van der Waals surface area contributed by atoms with Crippen molar-refractivity contribution in [3.05, 3.63) is 24.3 Å². The first kappa shape index (κ1) is 16.1. The Balaban J connectivity index is 1.64. The zero-order chi connectivity index (χ0) is 16.5. The van der Waals surface area contributed by atoms with Crippen LogP contribution in [-0.2, 0) is 9.53 Å². The van der Waals surface area contributed by atoms with E-state index in [1.54, 1.807) is 24.3 Å². The fraction of sp³-hybridized carbons (Fsp3) is 0.562. The molecule has 2 N–H and O–H groups in total. The maximum atomic E-state index is 14.0. The van der Waals surface area contributed by atoms with Crippen molar-refractivity contribution in [1.29, 1.82) is 0 Å². The topological polar surface area (TPSA) is 61.8 Å². The summed E-state index contributed by atoms with van der Waals surface area (Å²) >= 11 is 0. The van der Waals surface area contributed by atoms with E-state index in [9.17, 15) is 18.7 Å². The molecule has 0 atom stereocenters. The van der Waals surface area contributed by atoms with Crippen LogP contribution in [0.1, 0.15) is 19.3 Å². The third-order valence-corrected chi connectivity index (χ3v) is 4.55. The van der Waals surface area contributed by atoms with Crippen LogP contribution in [0.4, 0.5) is 20.2 Å². The quantitative estimate of drug-likeness (QED) is 0.888. The summed E-state index contributed by atoms with van der Waals surface area (Å²) < 4.78 is 33.3. The number of benzene rings is 1. The average molecular weight is 326 g/mol. The standard InChI is InChI=1S/C16H20F2N2O3/c17-16(18,15(22)6-1-7-15)14(21)19-12-2-4-13(5-3-12)20-8-10-23-11-9-20/h2-5,22H,1,6-11H2,(H,19,21). The number of carbonyl (C=O) groups excluding carboxylic acids is 1. The second-order valence-electron chi connectivity index (χ2n) is 6.06. The van der Waals surface area contributed by atoms with Gasteiger partial charge in [0, 0.05) is 24.5 Å². The molecule has 7 heteroatoms. The van der Waals surface area contributed by atoms with Gasteiger partial charge in [0.25, 0.3) is 5.91 Å². The maximum absolute atomic E-state index is 14.0. The lowest BCUT2D eigenvalue weighted by Crippen LogP contribution is -2.59. The minimum Gasteiger partial charge on any atom is -0.383 e. The summed E-state index contributed by atoms with van der Waals surface area (Å²) in [7, 11) is 0. The van der Waals surface area contributed by atoms with Crippen LogP contribution in [0.5, 0.6) is 0 Å². The van der Waals surface area contributed by atoms with Gasteiger partial charge in [-0.15, -0.1) is 0 Å². The van der Waals surface area contributed by atoms with E-state index in [0.717, 1.165) is 18.8 Å². The van der Waals surface area contributed by atoms with E-state index < -0.39 is 17.4 Å². The molecule has 0 unspecified atom stereocenters. The predicted octanol–water partition coefficient (Wildman–Crippen LogP) is 2.01. The van der Waals surface area contributed by atoms with Gasteiger partial charge in [-0.1, -0.05) is 0 Å². The average Bonchev–Trinajstić information content (AvgIpc) is 2.54. The number of anilines is 2. The molecule has 0 radical (unpaired) electrons. The van der Waals surface area contributed by atoms with Crippen molar-refractivity contribution >= 4 is 17.3 Å². The summed E-state index contributed by atoms with van der Waals surface area (Å²) in [4.78, 5) is 13.9. The van der Waals surface area contributed by atoms with Crippen LogP contribution in [0.2, 0.25) is 0 Å². The van der Waals surface area contributed by atoms with Crippen molar-refractivity contribution in [2.45, 2.75) is 30.8 Å². The Hall–Kier alpha value is -1.73. The number of halogens is 2. The molecule has 23 heavy (non-hydrogen) atoms. The van der Waals surface area contributed by atoms with Gasteiger partial charge in [-0.25, -0.2) is 0 Å². The van der Waals surface area contributed by atoms with Gasteiger partial charge in [-0.05, 0) is 43.5 Å². The van der Waals surface area contributed by atoms with Crippen LogP contribution < -0.4 is 10.2 Å². The predicted molar refractivity (Wildman–Crippen MR) is 81.9 cm³/mol. The molecule has 0 bridgehead atoms. The molecule has 1 saturated heterocycles. The van der Waals surface area contributed by atoms with E-state index in [1.165, 1.54) is 0 Å². The molecule has 1 aromatic carbocycles. The molecule has 1 aliphatic heterocycles. The Morgan fingerprint density at radius 3 is 2.35 bits per heavy atom. The summed E-state index contributed by atoms with van der Waals surface area (Å²) in [5, 5.41) is 12.0. The minimum atomic E-state index is -3.78. The Morgan fingerprint density at radius 1 is 1.22 bits per heavy atom. The van der Waals surface area contributed by atoms with Gasteiger partial charge >= 0.3 is 5.92 Å². The second-order valence-corrected chi connectivity index (χ2v) is 6.06. The second kappa shape index (κ2) is 6.05. The smallest absolute Gasteiger partial charge is 0.352 e. The zero-order valence-electron chi connectivity index (χ0n) is 12.7. The first-order chi connectivity index (χ1) is 10.9. The lowest BCUT2D eigenvalue weighted by atomic mass is 9.75. The van der Waals surface area contributed by atoms with E-state index in [-0.39, 0.29) is 18.5 Å². The van der Waals surface area contributed by atoms with Crippen LogP contribution in [0.3, 0.4) is 0 Å². The molecular weight excluding hydrogens is 306 g/mol. The number of morpholine rings is 1. The third kappa shape index (κ3) is 3.03. The number of ether oxygens (including phenoxy) is 1. The Kier molecular flexibility index (Phi) is 4.25. The SMILES string of the molecule is O=C(Nc1ccc(N2CCOCC2)cc1)C(F)(F)C1(O)CCC1. The van der Waals surface area contributed by atoms with E-state index in [0.29, 0.717) is 19.6 Å². The molecule has 1 amide bonds. The van der Waals surface area contributed by atoms with Gasteiger partial charge in [0.1, 0.15) is 5.60 Å². The highest BCUT2D eigenvalue weighted by Crippen LogP contribution is 2.44. The van der Waals surface area contributed by atoms with Crippen LogP contribution in [0, 0.1) is 0 Å². The molecule has 0 aromatic heterocycles. The molecule has 5 nitrogen and oxygen atoms in total. The lowest BCUT2D eigenvalue weighted by molar-refractivity contribution is -0.212. The van der Waals surface area contributed by atoms with E-state index >= 15 is 0 Å². The van der Waals surface area contributed by atoms with Crippen molar-refractivity contribution in [2.24, 2.45) is 0 Å². The van der Waals surface area contributed by atoms with Crippen molar-refractivity contribution in [3.8, 4) is 0 Å². The number of aliphatic hydroxyl groups is 1. The van der Waals surface area contributed by atoms with Gasteiger partial charge in [0.2, 0.25) is 0 Å². The van der Waals surface area contributed by atoms with Crippen molar-refractivity contribution in [2.75, 3.05) is 36.5 Å². The highest BCUT2D eigenvalue weighted by molar-refractivity contribution is 5.97. The lowest BCUT2D eigenvalue weighted by Gasteiger charge is -2.41. The number of amides is 1. The monoisotopic (exact) mass is 326 g/mol. The zero-order valence-corrected chi connectivity index (χ0v) is 12.7. The van der Waals surface area contributed by atoms with E-state index in [4.69, 9.17) is 4.74 Å². The van der Waals surface area contributed by atoms with Gasteiger partial charge < -0.3 is 20.1 Å². The maximum Gasteiger partial charge on any atom is 0.352 e. The van der Waals surface area contributed by atoms with Gasteiger partial charge in [0.05, 0.1) is 13.2 Å². The number of alkyl halides is 2. The number of hydrogen-bond donors (Lipinski definition) is 2. The number of carbonyl (C=O) groups is 1. The first-order valence-electron chi connectivity index (χ1n) is 7.77. The van der Waals surface area contributed by atoms with Crippen LogP contribution >= 0.6 is 0 Å². The van der Waals surface area contributed by atoms with E-state index in [1.807, 2.05) is 0 Å². The molecule has 3 rings (SSSR count). The summed E-state index contributed by atoms with van der Waals surface area (Å²) in [6, 6.07) is 6.72. The molecular formula is C16H20F2N2O3. The van der Waals surface area contributed by atoms with Crippen molar-refractivity contribution < 1.29 is 23.4 Å². The molecule has 1 saturated carbocycles. The summed E-state index contributed by atoms with van der Waals surface area (Å²) in [5.41, 5.74) is -0.963. The number of nitrogens with one attached hydrogen (secondary N) is 1. The molecule has 2 aliphatic rings. The fourth-order valence-electron chi connectivity index (χ4n) is 2.82. The summed E-state index contributed by atoms with van der Waals surface area (Å²) in [5.74, 6) is -5.24. The van der Waals surface area contributed by atoms with E-state index in [2.05, 4.69) is 10.2 Å². The Labute approximate surface area is 133 Å². The summed E-state index contributed by atoms with van der Waals surface area (Å²) in [6.45, 7) is 2.86. The van der Waals surface area contributed by atoms with Crippen LogP contribution in [0.15, 0.2) is 24.3 Å². The molecule has 1 aliphatic carbocycles. The molecule has 1 heterocycles. The van der Waals surface area contributed by atoms with Crippen LogP contribution in [-0.4, -0.2) is 48.8 Å².